The predicted molar refractivity (Wildman–Crippen MR) is 67.1 cm³/mol. The molecular formula is C11H13ClFN3O2. The van der Waals surface area contributed by atoms with Gasteiger partial charge in [0.1, 0.15) is 18.1 Å². The van der Waals surface area contributed by atoms with Gasteiger partial charge in [0.05, 0.1) is 17.3 Å². The van der Waals surface area contributed by atoms with Gasteiger partial charge in [0.25, 0.3) is 0 Å². The number of ether oxygens (including phenoxy) is 1. The first-order chi connectivity index (χ1) is 8.52. The van der Waals surface area contributed by atoms with Crippen LogP contribution in [0, 0.1) is 11.2 Å². The molecule has 1 rings (SSSR count). The number of amidine groups is 1. The summed E-state index contributed by atoms with van der Waals surface area (Å²) in [6.07, 6.45) is -0.184. The van der Waals surface area contributed by atoms with Crippen molar-refractivity contribution in [3.63, 3.8) is 0 Å². The van der Waals surface area contributed by atoms with E-state index >= 15 is 0 Å². The van der Waals surface area contributed by atoms with Gasteiger partial charge in [-0.15, -0.1) is 0 Å². The largest absolute Gasteiger partial charge is 0.466 e. The molecule has 0 fully saturated rings. The lowest BCUT2D eigenvalue weighted by Crippen LogP contribution is -2.31. The van der Waals surface area contributed by atoms with E-state index in [1.54, 1.807) is 6.92 Å². The zero-order chi connectivity index (χ0) is 13.5. The maximum atomic E-state index is 13.1. The van der Waals surface area contributed by atoms with Gasteiger partial charge in [0.15, 0.2) is 0 Å². The SMILES string of the molecule is CCOC(=O)CC(=N)NNc1ccc(Cl)c(F)c1. The monoisotopic (exact) mass is 273 g/mol. The second kappa shape index (κ2) is 6.80. The van der Waals surface area contributed by atoms with Gasteiger partial charge in [-0.1, -0.05) is 11.6 Å². The number of nitrogens with one attached hydrogen (secondary N) is 3. The number of hydrogen-bond donors (Lipinski definition) is 3. The first kappa shape index (κ1) is 14.2. The van der Waals surface area contributed by atoms with E-state index in [-0.39, 0.29) is 23.9 Å². The second-order valence-electron chi connectivity index (χ2n) is 3.34. The molecule has 0 aliphatic rings. The molecule has 3 N–H and O–H groups in total. The summed E-state index contributed by atoms with van der Waals surface area (Å²) in [4.78, 5) is 11.1. The maximum Gasteiger partial charge on any atom is 0.313 e. The van der Waals surface area contributed by atoms with E-state index in [2.05, 4.69) is 15.6 Å². The highest BCUT2D eigenvalue weighted by atomic mass is 35.5. The quantitative estimate of drug-likeness (QED) is 0.333. The topological polar surface area (TPSA) is 74.2 Å². The molecule has 7 heteroatoms. The van der Waals surface area contributed by atoms with Crippen LogP contribution in [-0.2, 0) is 9.53 Å². The molecule has 0 unspecified atom stereocenters. The summed E-state index contributed by atoms with van der Waals surface area (Å²) < 4.78 is 17.8. The number of benzene rings is 1. The molecule has 0 bridgehead atoms. The number of hydrogen-bond acceptors (Lipinski definition) is 4. The lowest BCUT2D eigenvalue weighted by Gasteiger charge is -2.10. The summed E-state index contributed by atoms with van der Waals surface area (Å²) in [5, 5.41) is 7.46. The Labute approximate surface area is 109 Å². The van der Waals surface area contributed by atoms with Crippen LogP contribution in [0.15, 0.2) is 18.2 Å². The first-order valence-electron chi connectivity index (χ1n) is 5.23. The fourth-order valence-electron chi connectivity index (χ4n) is 1.12. The summed E-state index contributed by atoms with van der Waals surface area (Å²) >= 11 is 5.52. The van der Waals surface area contributed by atoms with E-state index in [1.807, 2.05) is 0 Å². The molecule has 98 valence electrons. The van der Waals surface area contributed by atoms with Crippen LogP contribution >= 0.6 is 11.6 Å². The van der Waals surface area contributed by atoms with Gasteiger partial charge in [-0.25, -0.2) is 4.39 Å². The summed E-state index contributed by atoms with van der Waals surface area (Å²) in [7, 11) is 0. The first-order valence-corrected chi connectivity index (χ1v) is 5.61. The Balaban J connectivity index is 2.42. The predicted octanol–water partition coefficient (Wildman–Crippen LogP) is 2.33. The van der Waals surface area contributed by atoms with Gasteiger partial charge in [-0.3, -0.25) is 21.1 Å². The van der Waals surface area contributed by atoms with Crippen molar-refractivity contribution >= 4 is 29.1 Å². The highest BCUT2D eigenvalue weighted by Crippen LogP contribution is 2.17. The average molecular weight is 274 g/mol. The summed E-state index contributed by atoms with van der Waals surface area (Å²) in [6.45, 7) is 1.95. The minimum Gasteiger partial charge on any atom is -0.466 e. The van der Waals surface area contributed by atoms with Gasteiger partial charge in [0, 0.05) is 6.07 Å². The van der Waals surface area contributed by atoms with Crippen molar-refractivity contribution in [1.29, 1.82) is 5.41 Å². The van der Waals surface area contributed by atoms with Crippen molar-refractivity contribution < 1.29 is 13.9 Å². The highest BCUT2D eigenvalue weighted by Gasteiger charge is 2.06. The Morgan fingerprint density at radius 1 is 1.56 bits per heavy atom. The number of carbonyl (C=O) groups excluding carboxylic acids is 1. The minimum atomic E-state index is -0.569. The van der Waals surface area contributed by atoms with Crippen LogP contribution in [0.3, 0.4) is 0 Å². The Kier molecular flexibility index (Phi) is 5.38. The number of carbonyl (C=O) groups is 1. The van der Waals surface area contributed by atoms with Crippen molar-refractivity contribution in [1.82, 2.24) is 5.43 Å². The van der Waals surface area contributed by atoms with Gasteiger partial charge < -0.3 is 4.74 Å². The number of anilines is 1. The van der Waals surface area contributed by atoms with Crippen LogP contribution in [0.2, 0.25) is 5.02 Å². The second-order valence-corrected chi connectivity index (χ2v) is 3.75. The molecule has 0 spiro atoms. The van der Waals surface area contributed by atoms with Crippen molar-refractivity contribution in [3.05, 3.63) is 29.0 Å². The Morgan fingerprint density at radius 3 is 2.89 bits per heavy atom. The normalized spacial score (nSPS) is 9.72. The van der Waals surface area contributed by atoms with Gasteiger partial charge in [-0.2, -0.15) is 0 Å². The fourth-order valence-corrected chi connectivity index (χ4v) is 1.24. The Hall–Kier alpha value is -1.82. The zero-order valence-electron chi connectivity index (χ0n) is 9.72. The average Bonchev–Trinajstić information content (AvgIpc) is 2.31. The molecule has 0 atom stereocenters. The lowest BCUT2D eigenvalue weighted by atomic mass is 10.3. The van der Waals surface area contributed by atoms with Crippen molar-refractivity contribution in [2.24, 2.45) is 0 Å². The third-order valence-electron chi connectivity index (χ3n) is 1.90. The zero-order valence-corrected chi connectivity index (χ0v) is 10.5. The standard InChI is InChI=1S/C11H13ClFN3O2/c1-2-18-11(17)6-10(14)16-15-7-3-4-8(12)9(13)5-7/h3-5,15H,2,6H2,1H3,(H2,14,16). The molecular weight excluding hydrogens is 261 g/mol. The van der Waals surface area contributed by atoms with Crippen molar-refractivity contribution in [3.8, 4) is 0 Å². The lowest BCUT2D eigenvalue weighted by molar-refractivity contribution is -0.141. The highest BCUT2D eigenvalue weighted by molar-refractivity contribution is 6.30. The van der Waals surface area contributed by atoms with E-state index in [1.165, 1.54) is 18.2 Å². The molecule has 0 saturated heterocycles. The van der Waals surface area contributed by atoms with Crippen LogP contribution < -0.4 is 10.9 Å². The Morgan fingerprint density at radius 2 is 2.28 bits per heavy atom. The van der Waals surface area contributed by atoms with E-state index in [9.17, 15) is 9.18 Å². The third kappa shape index (κ3) is 4.58. The number of rotatable bonds is 5. The number of esters is 1. The van der Waals surface area contributed by atoms with Gasteiger partial charge in [-0.05, 0) is 19.1 Å². The van der Waals surface area contributed by atoms with E-state index < -0.39 is 11.8 Å². The van der Waals surface area contributed by atoms with Crippen LogP contribution in [0.4, 0.5) is 10.1 Å². The van der Waals surface area contributed by atoms with Gasteiger partial charge >= 0.3 is 5.97 Å². The molecule has 18 heavy (non-hydrogen) atoms. The van der Waals surface area contributed by atoms with Gasteiger partial charge in [0.2, 0.25) is 0 Å². The van der Waals surface area contributed by atoms with Crippen LogP contribution in [0.1, 0.15) is 13.3 Å². The minimum absolute atomic E-state index is 0.0159. The van der Waals surface area contributed by atoms with Crippen molar-refractivity contribution in [2.45, 2.75) is 13.3 Å². The van der Waals surface area contributed by atoms with E-state index in [0.717, 1.165) is 0 Å². The fraction of sp³-hybridized carbons (Fsp3) is 0.273. The summed E-state index contributed by atoms with van der Waals surface area (Å²) in [5.41, 5.74) is 5.43. The molecule has 0 heterocycles. The molecule has 1 aromatic carbocycles. The Bertz CT molecular complexity index is 454. The molecule has 0 aliphatic heterocycles. The number of hydrazine groups is 1. The molecule has 0 saturated carbocycles. The smallest absolute Gasteiger partial charge is 0.313 e. The molecule has 1 aromatic rings. The number of halogens is 2. The van der Waals surface area contributed by atoms with Crippen LogP contribution in [0.5, 0.6) is 0 Å². The molecule has 0 amide bonds. The molecule has 0 aromatic heterocycles. The maximum absolute atomic E-state index is 13.1. The van der Waals surface area contributed by atoms with Crippen molar-refractivity contribution in [2.75, 3.05) is 12.0 Å². The third-order valence-corrected chi connectivity index (χ3v) is 2.21. The molecule has 0 aliphatic carbocycles. The van der Waals surface area contributed by atoms with Crippen LogP contribution in [-0.4, -0.2) is 18.4 Å². The summed E-state index contributed by atoms with van der Waals surface area (Å²) in [6, 6.07) is 4.10. The summed E-state index contributed by atoms with van der Waals surface area (Å²) in [5.74, 6) is -1.15. The molecule has 5 nitrogen and oxygen atoms in total. The van der Waals surface area contributed by atoms with E-state index in [0.29, 0.717) is 5.69 Å². The van der Waals surface area contributed by atoms with Crippen LogP contribution in [0.25, 0.3) is 0 Å². The molecule has 0 radical (unpaired) electrons. The van der Waals surface area contributed by atoms with E-state index in [4.69, 9.17) is 17.0 Å².